The molecule has 2 aliphatic heterocycles. The lowest BCUT2D eigenvalue weighted by atomic mass is 9.79. The second kappa shape index (κ2) is 10.9. The van der Waals surface area contributed by atoms with Crippen LogP contribution in [0.5, 0.6) is 0 Å². The van der Waals surface area contributed by atoms with E-state index in [1.54, 1.807) is 0 Å². The summed E-state index contributed by atoms with van der Waals surface area (Å²) in [6.07, 6.45) is 21.4. The molecular weight excluding hydrogens is 396 g/mol. The Bertz CT molecular complexity index is 767. The third kappa shape index (κ3) is 5.26. The van der Waals surface area contributed by atoms with Crippen LogP contribution in [0.4, 0.5) is 0 Å². The number of dihydropyridines is 1. The van der Waals surface area contributed by atoms with Crippen LogP contribution in [0.15, 0.2) is 40.9 Å². The van der Waals surface area contributed by atoms with E-state index in [2.05, 4.69) is 47.1 Å². The van der Waals surface area contributed by atoms with Crippen LogP contribution in [-0.4, -0.2) is 77.3 Å². The van der Waals surface area contributed by atoms with Gasteiger partial charge in [0.1, 0.15) is 5.84 Å². The maximum absolute atomic E-state index is 13.0. The van der Waals surface area contributed by atoms with Crippen molar-refractivity contribution in [3.8, 4) is 0 Å². The topological polar surface area (TPSA) is 39.2 Å². The van der Waals surface area contributed by atoms with Gasteiger partial charge in [0.15, 0.2) is 0 Å². The summed E-state index contributed by atoms with van der Waals surface area (Å²) in [6.45, 7) is 10.3. The number of amidine groups is 1. The Balaban J connectivity index is 1.47. The van der Waals surface area contributed by atoms with Crippen molar-refractivity contribution in [3.63, 3.8) is 0 Å². The molecule has 176 valence electrons. The molecule has 1 saturated carbocycles. The quantitative estimate of drug-likeness (QED) is 0.610. The van der Waals surface area contributed by atoms with Crippen molar-refractivity contribution in [2.75, 3.05) is 39.3 Å². The van der Waals surface area contributed by atoms with Gasteiger partial charge in [-0.05, 0) is 50.7 Å². The molecule has 2 aliphatic carbocycles. The van der Waals surface area contributed by atoms with Crippen molar-refractivity contribution in [1.82, 2.24) is 14.7 Å². The Hall–Kier alpha value is -1.72. The molecule has 1 saturated heterocycles. The second-order valence-corrected chi connectivity index (χ2v) is 9.93. The molecule has 0 aromatic heterocycles. The summed E-state index contributed by atoms with van der Waals surface area (Å²) < 4.78 is 0. The van der Waals surface area contributed by atoms with Gasteiger partial charge < -0.3 is 0 Å². The molecule has 1 atom stereocenters. The van der Waals surface area contributed by atoms with Crippen LogP contribution in [-0.2, 0) is 4.79 Å². The van der Waals surface area contributed by atoms with Gasteiger partial charge in [0.05, 0.1) is 0 Å². The molecule has 0 aromatic rings. The highest BCUT2D eigenvalue weighted by Gasteiger charge is 2.42. The largest absolute Gasteiger partial charge is 0.295 e. The minimum Gasteiger partial charge on any atom is -0.295 e. The molecule has 1 amide bonds. The smallest absolute Gasteiger partial charge is 0.227 e. The van der Waals surface area contributed by atoms with Crippen molar-refractivity contribution in [1.29, 1.82) is 0 Å². The van der Waals surface area contributed by atoms with Crippen molar-refractivity contribution in [2.24, 2.45) is 4.99 Å². The minimum absolute atomic E-state index is 0.0935. The van der Waals surface area contributed by atoms with Crippen LogP contribution in [0, 0.1) is 0 Å². The lowest BCUT2D eigenvalue weighted by Gasteiger charge is -2.52. The summed E-state index contributed by atoms with van der Waals surface area (Å²) in [7, 11) is 0. The number of aliphatic imine (C=N–C) groups is 1. The first-order chi connectivity index (χ1) is 15.6. The number of piperazine rings is 1. The third-order valence-corrected chi connectivity index (χ3v) is 7.99. The molecule has 0 bridgehead atoms. The number of hydrogen-bond donors (Lipinski definition) is 0. The van der Waals surface area contributed by atoms with Gasteiger partial charge in [-0.25, -0.2) is 0 Å². The molecule has 0 aromatic carbocycles. The van der Waals surface area contributed by atoms with Gasteiger partial charge in [0, 0.05) is 57.3 Å². The van der Waals surface area contributed by atoms with E-state index >= 15 is 0 Å². The van der Waals surface area contributed by atoms with Gasteiger partial charge in [0.25, 0.3) is 0 Å². The summed E-state index contributed by atoms with van der Waals surface area (Å²) in [5.74, 6) is 1.10. The zero-order valence-corrected chi connectivity index (χ0v) is 20.3. The van der Waals surface area contributed by atoms with Crippen LogP contribution >= 0.6 is 0 Å². The summed E-state index contributed by atoms with van der Waals surface area (Å²) in [5.41, 5.74) is 1.58. The Kier molecular flexibility index (Phi) is 8.01. The van der Waals surface area contributed by atoms with Crippen LogP contribution in [0.2, 0.25) is 0 Å². The molecule has 4 aliphatic rings. The first-order valence-corrected chi connectivity index (χ1v) is 13.0. The standard InChI is InChI=1S/C27H42N4O/c1-3-26(32)31(25-14-8-11-17-28-25)22-27(15-9-5-10-16-27)30-20-18-29(19-21-30)23(2)24-12-6-4-7-13-24/h6,8,12-14,23H,3-5,7,9-11,15-22H2,1-2H3. The number of carbonyl (C=O) groups excluding carboxylic acids is 1. The van der Waals surface area contributed by atoms with Crippen molar-refractivity contribution >= 4 is 11.7 Å². The summed E-state index contributed by atoms with van der Waals surface area (Å²) in [6, 6.07) is 0.496. The monoisotopic (exact) mass is 438 g/mol. The number of amides is 1. The molecule has 1 unspecified atom stereocenters. The molecular formula is C27H42N4O. The Morgan fingerprint density at radius 1 is 1.06 bits per heavy atom. The molecule has 5 heteroatoms. The highest BCUT2D eigenvalue weighted by Crippen LogP contribution is 2.36. The summed E-state index contributed by atoms with van der Waals surface area (Å²) in [5, 5.41) is 0. The van der Waals surface area contributed by atoms with E-state index in [0.717, 1.165) is 51.5 Å². The van der Waals surface area contributed by atoms with E-state index < -0.39 is 0 Å². The zero-order chi connectivity index (χ0) is 22.4. The molecule has 0 N–H and O–H groups in total. The van der Waals surface area contributed by atoms with Crippen molar-refractivity contribution < 1.29 is 4.79 Å². The van der Waals surface area contributed by atoms with Crippen LogP contribution in [0.25, 0.3) is 0 Å². The number of allylic oxidation sites excluding steroid dienone is 2. The molecule has 2 fully saturated rings. The van der Waals surface area contributed by atoms with E-state index in [4.69, 9.17) is 4.99 Å². The zero-order valence-electron chi connectivity index (χ0n) is 20.3. The van der Waals surface area contributed by atoms with Gasteiger partial charge in [-0.1, -0.05) is 50.5 Å². The predicted molar refractivity (Wildman–Crippen MR) is 133 cm³/mol. The van der Waals surface area contributed by atoms with E-state index in [9.17, 15) is 4.79 Å². The SMILES string of the molecule is CCC(=O)N(CC1(N2CCN(C(C)C3=CCCC=C3)CC2)CCCCC1)C1=NCCC=C1. The average molecular weight is 439 g/mol. The second-order valence-electron chi connectivity index (χ2n) is 9.93. The number of rotatable bonds is 6. The number of hydrogen-bond acceptors (Lipinski definition) is 4. The highest BCUT2D eigenvalue weighted by molar-refractivity contribution is 6.04. The molecule has 5 nitrogen and oxygen atoms in total. The van der Waals surface area contributed by atoms with Crippen molar-refractivity contribution in [3.05, 3.63) is 36.0 Å². The van der Waals surface area contributed by atoms with Gasteiger partial charge in [-0.2, -0.15) is 0 Å². The minimum atomic E-state index is 0.0935. The fourth-order valence-corrected chi connectivity index (χ4v) is 5.97. The van der Waals surface area contributed by atoms with Gasteiger partial charge in [-0.3, -0.25) is 24.5 Å². The third-order valence-electron chi connectivity index (χ3n) is 7.99. The highest BCUT2D eigenvalue weighted by atomic mass is 16.2. The van der Waals surface area contributed by atoms with Crippen LogP contribution < -0.4 is 0 Å². The lowest BCUT2D eigenvalue weighted by Crippen LogP contribution is -2.63. The first-order valence-electron chi connectivity index (χ1n) is 13.0. The maximum atomic E-state index is 13.0. The Morgan fingerprint density at radius 2 is 1.81 bits per heavy atom. The van der Waals surface area contributed by atoms with E-state index in [1.165, 1.54) is 50.5 Å². The fraction of sp³-hybridized carbons (Fsp3) is 0.704. The van der Waals surface area contributed by atoms with E-state index in [1.807, 2.05) is 11.8 Å². The van der Waals surface area contributed by atoms with Crippen LogP contribution in [0.3, 0.4) is 0 Å². The van der Waals surface area contributed by atoms with Gasteiger partial charge in [-0.15, -0.1) is 0 Å². The Labute approximate surface area is 194 Å². The van der Waals surface area contributed by atoms with Crippen LogP contribution in [0.1, 0.15) is 71.6 Å². The van der Waals surface area contributed by atoms with Crippen molar-refractivity contribution in [2.45, 2.75) is 83.2 Å². The van der Waals surface area contributed by atoms with Gasteiger partial charge in [0.2, 0.25) is 5.91 Å². The molecule has 2 heterocycles. The summed E-state index contributed by atoms with van der Waals surface area (Å²) in [4.78, 5) is 25.1. The molecule has 0 radical (unpaired) electrons. The predicted octanol–water partition coefficient (Wildman–Crippen LogP) is 4.57. The van der Waals surface area contributed by atoms with Gasteiger partial charge >= 0.3 is 0 Å². The normalized spacial score (nSPS) is 25.2. The lowest BCUT2D eigenvalue weighted by molar-refractivity contribution is -0.129. The fourth-order valence-electron chi connectivity index (χ4n) is 5.97. The average Bonchev–Trinajstić information content (AvgIpc) is 2.88. The maximum Gasteiger partial charge on any atom is 0.227 e. The number of carbonyl (C=O) groups is 1. The number of nitrogens with zero attached hydrogens (tertiary/aromatic N) is 4. The first kappa shape index (κ1) is 23.4. The van der Waals surface area contributed by atoms with E-state index in [0.29, 0.717) is 12.5 Å². The summed E-state index contributed by atoms with van der Waals surface area (Å²) >= 11 is 0. The molecule has 32 heavy (non-hydrogen) atoms. The van der Waals surface area contributed by atoms with E-state index in [-0.39, 0.29) is 11.4 Å². The Morgan fingerprint density at radius 3 is 2.44 bits per heavy atom. The molecule has 0 spiro atoms. The molecule has 4 rings (SSSR count).